The van der Waals surface area contributed by atoms with Gasteiger partial charge in [0, 0.05) is 5.69 Å². The van der Waals surface area contributed by atoms with Gasteiger partial charge in [-0.1, -0.05) is 36.4 Å². The molecule has 5 nitrogen and oxygen atoms in total. The second-order valence-corrected chi connectivity index (χ2v) is 7.13. The first-order valence-electron chi connectivity index (χ1n) is 8.64. The molecule has 140 valence electrons. The summed E-state index contributed by atoms with van der Waals surface area (Å²) in [7, 11) is 0. The van der Waals surface area contributed by atoms with E-state index in [0.717, 1.165) is 15.7 Å². The van der Waals surface area contributed by atoms with E-state index in [2.05, 4.69) is 21.0 Å². The summed E-state index contributed by atoms with van der Waals surface area (Å²) < 4.78 is 7.82. The summed E-state index contributed by atoms with van der Waals surface area (Å²) >= 11 is 3.49. The van der Waals surface area contributed by atoms with E-state index in [1.165, 1.54) is 4.68 Å². The van der Waals surface area contributed by atoms with Crippen molar-refractivity contribution < 1.29 is 9.53 Å². The second kappa shape index (κ2) is 8.68. The number of carbonyl (C=O) groups is 1. The van der Waals surface area contributed by atoms with Crippen LogP contribution >= 0.6 is 15.9 Å². The molecular weight excluding hydrogens is 418 g/mol. The third-order valence-corrected chi connectivity index (χ3v) is 4.68. The average molecular weight is 436 g/mol. The van der Waals surface area contributed by atoms with Crippen molar-refractivity contribution in [3.63, 3.8) is 0 Å². The Kier molecular flexibility index (Phi) is 6.07. The van der Waals surface area contributed by atoms with Gasteiger partial charge in [-0.15, -0.1) is 0 Å². The number of hydrogen-bond donors (Lipinski definition) is 0. The molecular formula is C22H18BrN3O2. The maximum absolute atomic E-state index is 12.6. The fourth-order valence-electron chi connectivity index (χ4n) is 2.72. The number of rotatable bonds is 5. The van der Waals surface area contributed by atoms with Crippen molar-refractivity contribution in [3.05, 3.63) is 87.2 Å². The molecule has 0 radical (unpaired) electrons. The molecule has 6 heteroatoms. The molecule has 0 unspecified atom stereocenters. The lowest BCUT2D eigenvalue weighted by Gasteiger charge is -2.09. The van der Waals surface area contributed by atoms with Crippen molar-refractivity contribution in [3.8, 4) is 11.8 Å². The van der Waals surface area contributed by atoms with E-state index >= 15 is 0 Å². The van der Waals surface area contributed by atoms with E-state index in [-0.39, 0.29) is 5.57 Å². The minimum Gasteiger partial charge on any atom is -0.488 e. The van der Waals surface area contributed by atoms with Crippen LogP contribution in [-0.4, -0.2) is 15.7 Å². The molecule has 1 heterocycles. The van der Waals surface area contributed by atoms with Crippen LogP contribution in [0.4, 0.5) is 0 Å². The Hall–Kier alpha value is -3.17. The van der Waals surface area contributed by atoms with Gasteiger partial charge in [-0.2, -0.15) is 10.4 Å². The normalized spacial score (nSPS) is 11.1. The first kappa shape index (κ1) is 19.6. The van der Waals surface area contributed by atoms with E-state index in [1.807, 2.05) is 48.5 Å². The lowest BCUT2D eigenvalue weighted by atomic mass is 10.1. The van der Waals surface area contributed by atoms with Crippen LogP contribution in [0.5, 0.6) is 5.75 Å². The van der Waals surface area contributed by atoms with Gasteiger partial charge in [0.2, 0.25) is 0 Å². The van der Waals surface area contributed by atoms with Gasteiger partial charge >= 0.3 is 0 Å². The highest BCUT2D eigenvalue weighted by molar-refractivity contribution is 9.10. The summed E-state index contributed by atoms with van der Waals surface area (Å²) in [5.41, 5.74) is 3.21. The Labute approximate surface area is 172 Å². The van der Waals surface area contributed by atoms with Crippen molar-refractivity contribution in [1.82, 2.24) is 9.78 Å². The molecule has 0 amide bonds. The molecule has 0 N–H and O–H groups in total. The monoisotopic (exact) mass is 435 g/mol. The second-order valence-electron chi connectivity index (χ2n) is 6.28. The van der Waals surface area contributed by atoms with E-state index < -0.39 is 5.91 Å². The van der Waals surface area contributed by atoms with Crippen LogP contribution in [0.15, 0.2) is 64.6 Å². The number of carbonyl (C=O) groups excluding carboxylic acids is 1. The maximum Gasteiger partial charge on any atom is 0.289 e. The van der Waals surface area contributed by atoms with Gasteiger partial charge in [0.15, 0.2) is 0 Å². The van der Waals surface area contributed by atoms with Gasteiger partial charge < -0.3 is 4.74 Å². The van der Waals surface area contributed by atoms with Gasteiger partial charge in [0.05, 0.1) is 10.2 Å². The Balaban J connectivity index is 1.79. The van der Waals surface area contributed by atoms with Crippen molar-refractivity contribution in [1.29, 1.82) is 5.26 Å². The van der Waals surface area contributed by atoms with Crippen LogP contribution in [0.2, 0.25) is 0 Å². The highest BCUT2D eigenvalue weighted by Gasteiger charge is 2.15. The van der Waals surface area contributed by atoms with Gasteiger partial charge in [-0.3, -0.25) is 4.79 Å². The zero-order valence-corrected chi connectivity index (χ0v) is 17.1. The molecule has 2 aromatic carbocycles. The number of hydrogen-bond acceptors (Lipinski definition) is 4. The zero-order valence-electron chi connectivity index (χ0n) is 15.5. The highest BCUT2D eigenvalue weighted by atomic mass is 79.9. The third kappa shape index (κ3) is 4.56. The van der Waals surface area contributed by atoms with Gasteiger partial charge in [0.1, 0.15) is 24.0 Å². The Morgan fingerprint density at radius 1 is 1.21 bits per heavy atom. The SMILES string of the molecule is Cc1cc(C)n(C(=O)/C(C#N)=C/c2ccc(OCc3ccccc3)c(Br)c2)n1. The van der Waals surface area contributed by atoms with Crippen molar-refractivity contribution >= 4 is 27.9 Å². The number of halogens is 1. The number of benzene rings is 2. The van der Waals surface area contributed by atoms with Gasteiger partial charge in [-0.25, -0.2) is 4.68 Å². The van der Waals surface area contributed by atoms with Crippen LogP contribution in [0, 0.1) is 25.2 Å². The van der Waals surface area contributed by atoms with Crippen LogP contribution < -0.4 is 4.74 Å². The molecule has 0 aliphatic rings. The quantitative estimate of drug-likeness (QED) is 0.413. The first-order valence-corrected chi connectivity index (χ1v) is 9.43. The standard InChI is InChI=1S/C22H18BrN3O2/c1-15-10-16(2)26(25-15)22(27)19(13-24)11-18-8-9-21(20(23)12-18)28-14-17-6-4-3-5-7-17/h3-12H,14H2,1-2H3/b19-11+. The molecule has 3 rings (SSSR count). The van der Waals surface area contributed by atoms with E-state index in [9.17, 15) is 10.1 Å². The minimum atomic E-state index is -0.450. The highest BCUT2D eigenvalue weighted by Crippen LogP contribution is 2.28. The molecule has 0 aliphatic carbocycles. The summed E-state index contributed by atoms with van der Waals surface area (Å²) in [5.74, 6) is 0.234. The van der Waals surface area contributed by atoms with Gasteiger partial charge in [-0.05, 0) is 65.2 Å². The molecule has 1 aromatic heterocycles. The van der Waals surface area contributed by atoms with E-state index in [4.69, 9.17) is 4.74 Å². The molecule has 0 aliphatic heterocycles. The number of nitriles is 1. The molecule has 0 fully saturated rings. The van der Waals surface area contributed by atoms with Crippen LogP contribution in [-0.2, 0) is 6.61 Å². The summed E-state index contributed by atoms with van der Waals surface area (Å²) in [6, 6.07) is 19.1. The average Bonchev–Trinajstić information content (AvgIpc) is 3.03. The zero-order chi connectivity index (χ0) is 20.1. The molecule has 28 heavy (non-hydrogen) atoms. The molecule has 0 atom stereocenters. The fourth-order valence-corrected chi connectivity index (χ4v) is 3.23. The van der Waals surface area contributed by atoms with Gasteiger partial charge in [0.25, 0.3) is 5.91 Å². The molecule has 3 aromatic rings. The fraction of sp³-hybridized carbons (Fsp3) is 0.136. The molecule has 0 spiro atoms. The lowest BCUT2D eigenvalue weighted by Crippen LogP contribution is -2.15. The molecule has 0 saturated heterocycles. The third-order valence-electron chi connectivity index (χ3n) is 4.06. The van der Waals surface area contributed by atoms with Crippen LogP contribution in [0.1, 0.15) is 27.3 Å². The Bertz CT molecular complexity index is 1080. The smallest absolute Gasteiger partial charge is 0.289 e. The molecule has 0 bridgehead atoms. The number of allylic oxidation sites excluding steroid dienone is 1. The van der Waals surface area contributed by atoms with Crippen molar-refractivity contribution in [2.45, 2.75) is 20.5 Å². The largest absolute Gasteiger partial charge is 0.488 e. The topological polar surface area (TPSA) is 67.9 Å². The summed E-state index contributed by atoms with van der Waals surface area (Å²) in [5, 5.41) is 13.6. The first-order chi connectivity index (χ1) is 13.5. The summed E-state index contributed by atoms with van der Waals surface area (Å²) in [4.78, 5) is 12.6. The van der Waals surface area contributed by atoms with Crippen LogP contribution in [0.25, 0.3) is 6.08 Å². The minimum absolute atomic E-state index is 0.0102. The van der Waals surface area contributed by atoms with Crippen molar-refractivity contribution in [2.24, 2.45) is 0 Å². The summed E-state index contributed by atoms with van der Waals surface area (Å²) in [6.45, 7) is 4.04. The van der Waals surface area contributed by atoms with Crippen LogP contribution in [0.3, 0.4) is 0 Å². The number of nitrogens with zero attached hydrogens (tertiary/aromatic N) is 3. The van der Waals surface area contributed by atoms with Crippen molar-refractivity contribution in [2.75, 3.05) is 0 Å². The Morgan fingerprint density at radius 3 is 2.57 bits per heavy atom. The Morgan fingerprint density at radius 2 is 1.96 bits per heavy atom. The summed E-state index contributed by atoms with van der Waals surface area (Å²) in [6.07, 6.45) is 1.55. The van der Waals surface area contributed by atoms with E-state index in [0.29, 0.717) is 23.6 Å². The lowest BCUT2D eigenvalue weighted by molar-refractivity contribution is 0.0943. The predicted octanol–water partition coefficient (Wildman–Crippen LogP) is 5.09. The number of ether oxygens (including phenoxy) is 1. The molecule has 0 saturated carbocycles. The maximum atomic E-state index is 12.6. The number of aromatic nitrogens is 2. The van der Waals surface area contributed by atoms with E-state index in [1.54, 1.807) is 32.1 Å². The predicted molar refractivity (Wildman–Crippen MR) is 111 cm³/mol. The number of aryl methyl sites for hydroxylation is 2.